The van der Waals surface area contributed by atoms with E-state index in [1.54, 1.807) is 13.8 Å². The maximum atomic E-state index is 12.1. The van der Waals surface area contributed by atoms with Gasteiger partial charge >= 0.3 is 0 Å². The van der Waals surface area contributed by atoms with Crippen molar-refractivity contribution in [3.8, 4) is 0 Å². The fourth-order valence-electron chi connectivity index (χ4n) is 2.32. The van der Waals surface area contributed by atoms with E-state index < -0.39 is 14.6 Å². The van der Waals surface area contributed by atoms with Crippen LogP contribution in [0.3, 0.4) is 0 Å². The minimum atomic E-state index is -3.02. The summed E-state index contributed by atoms with van der Waals surface area (Å²) >= 11 is 0. The smallest absolute Gasteiger partial charge is 0.194 e. The van der Waals surface area contributed by atoms with Crippen molar-refractivity contribution >= 4 is 15.8 Å². The second-order valence-corrected chi connectivity index (χ2v) is 9.55. The molecular formula is C15H32N4O2S. The molecule has 130 valence electrons. The molecule has 1 aliphatic heterocycles. The van der Waals surface area contributed by atoms with Crippen molar-refractivity contribution in [3.63, 3.8) is 0 Å². The second kappa shape index (κ2) is 7.64. The number of aliphatic imine (C=N–C) groups is 1. The molecule has 1 rings (SSSR count). The predicted molar refractivity (Wildman–Crippen MR) is 93.2 cm³/mol. The van der Waals surface area contributed by atoms with Gasteiger partial charge in [0.05, 0.1) is 17.0 Å². The number of rotatable bonds is 5. The summed E-state index contributed by atoms with van der Waals surface area (Å²) in [5, 5.41) is 3.28. The van der Waals surface area contributed by atoms with Crippen LogP contribution in [0.25, 0.3) is 0 Å². The quantitative estimate of drug-likeness (QED) is 0.596. The number of likely N-dealkylation sites (N-methyl/N-ethyl adjacent to an activating group) is 1. The zero-order valence-corrected chi connectivity index (χ0v) is 15.7. The molecule has 6 nitrogen and oxygen atoms in total. The lowest BCUT2D eigenvalue weighted by atomic mass is 10.2. The van der Waals surface area contributed by atoms with E-state index in [9.17, 15) is 8.42 Å². The molecule has 0 aromatic rings. The van der Waals surface area contributed by atoms with Crippen molar-refractivity contribution in [3.05, 3.63) is 0 Å². The molecule has 0 atom stereocenters. The van der Waals surface area contributed by atoms with Gasteiger partial charge in [0.25, 0.3) is 0 Å². The first-order valence-corrected chi connectivity index (χ1v) is 9.71. The second-order valence-electron chi connectivity index (χ2n) is 6.81. The average molecular weight is 333 g/mol. The zero-order valence-electron chi connectivity index (χ0n) is 14.9. The van der Waals surface area contributed by atoms with Gasteiger partial charge in [-0.05, 0) is 41.7 Å². The first kappa shape index (κ1) is 19.2. The van der Waals surface area contributed by atoms with Crippen LogP contribution in [0.2, 0.25) is 0 Å². The summed E-state index contributed by atoms with van der Waals surface area (Å²) in [7, 11) is -0.933. The highest BCUT2D eigenvalue weighted by atomic mass is 32.2. The maximum Gasteiger partial charge on any atom is 0.194 e. The van der Waals surface area contributed by atoms with Crippen molar-refractivity contribution in [1.29, 1.82) is 0 Å². The van der Waals surface area contributed by atoms with Crippen LogP contribution in [-0.2, 0) is 9.84 Å². The Labute approximate surface area is 135 Å². The molecule has 0 unspecified atom stereocenters. The van der Waals surface area contributed by atoms with E-state index in [0.717, 1.165) is 19.0 Å². The fourth-order valence-corrected chi connectivity index (χ4v) is 3.69. The van der Waals surface area contributed by atoms with E-state index in [1.807, 2.05) is 6.92 Å². The van der Waals surface area contributed by atoms with E-state index in [4.69, 9.17) is 0 Å². The van der Waals surface area contributed by atoms with Gasteiger partial charge in [-0.1, -0.05) is 0 Å². The molecule has 7 heteroatoms. The van der Waals surface area contributed by atoms with Gasteiger partial charge in [-0.25, -0.2) is 8.42 Å². The lowest BCUT2D eigenvalue weighted by Crippen LogP contribution is -2.57. The number of nitrogens with zero attached hydrogens (tertiary/aromatic N) is 3. The number of nitrogens with one attached hydrogen (secondary N) is 1. The highest BCUT2D eigenvalue weighted by Gasteiger charge is 2.40. The zero-order chi connectivity index (χ0) is 17.0. The lowest BCUT2D eigenvalue weighted by molar-refractivity contribution is 0.281. The average Bonchev–Trinajstić information content (AvgIpc) is 2.40. The van der Waals surface area contributed by atoms with Crippen molar-refractivity contribution in [2.45, 2.75) is 45.4 Å². The Morgan fingerprint density at radius 1 is 1.41 bits per heavy atom. The van der Waals surface area contributed by atoms with Crippen LogP contribution in [-0.4, -0.2) is 80.5 Å². The summed E-state index contributed by atoms with van der Waals surface area (Å²) in [6.07, 6.45) is 0. The van der Waals surface area contributed by atoms with Crippen LogP contribution in [0.15, 0.2) is 4.99 Å². The Morgan fingerprint density at radius 3 is 2.55 bits per heavy atom. The minimum Gasteiger partial charge on any atom is -0.357 e. The third-order valence-corrected chi connectivity index (χ3v) is 6.81. The molecule has 1 fully saturated rings. The Balaban J connectivity index is 2.75. The molecule has 1 saturated heterocycles. The first-order chi connectivity index (χ1) is 10.1. The summed E-state index contributed by atoms with van der Waals surface area (Å²) in [5.41, 5.74) is 0. The molecule has 0 aliphatic carbocycles. The summed E-state index contributed by atoms with van der Waals surface area (Å²) < 4.78 is 23.5. The molecular weight excluding hydrogens is 300 g/mol. The Kier molecular flexibility index (Phi) is 6.67. The van der Waals surface area contributed by atoms with Crippen LogP contribution in [0.4, 0.5) is 0 Å². The number of sulfone groups is 1. The van der Waals surface area contributed by atoms with Crippen molar-refractivity contribution in [1.82, 2.24) is 15.1 Å². The van der Waals surface area contributed by atoms with E-state index in [-0.39, 0.29) is 5.75 Å². The van der Waals surface area contributed by atoms with E-state index in [0.29, 0.717) is 25.7 Å². The molecule has 0 aromatic carbocycles. The van der Waals surface area contributed by atoms with Crippen LogP contribution < -0.4 is 5.32 Å². The molecule has 1 heterocycles. The topological polar surface area (TPSA) is 65.0 Å². The monoisotopic (exact) mass is 332 g/mol. The standard InChI is InChI=1S/C15H32N4O2S/c1-7-16-14(17-8-9-18(6)13(2)3)19-10-11-22(20,21)15(4,5)12-19/h13H,7-12H2,1-6H3,(H,16,17). The van der Waals surface area contributed by atoms with Gasteiger partial charge in [0.1, 0.15) is 0 Å². The predicted octanol–water partition coefficient (Wildman–Crippen LogP) is 0.801. The van der Waals surface area contributed by atoms with Gasteiger partial charge in [0, 0.05) is 32.2 Å². The molecule has 1 aliphatic rings. The first-order valence-electron chi connectivity index (χ1n) is 8.06. The molecule has 0 saturated carbocycles. The maximum absolute atomic E-state index is 12.1. The van der Waals surface area contributed by atoms with E-state index in [2.05, 4.69) is 41.0 Å². The van der Waals surface area contributed by atoms with Crippen molar-refractivity contribution in [2.24, 2.45) is 4.99 Å². The summed E-state index contributed by atoms with van der Waals surface area (Å²) in [6.45, 7) is 13.3. The number of guanidine groups is 1. The van der Waals surface area contributed by atoms with Gasteiger partial charge in [0.2, 0.25) is 0 Å². The normalized spacial score (nSPS) is 21.5. The molecule has 1 N–H and O–H groups in total. The van der Waals surface area contributed by atoms with Crippen LogP contribution in [0.1, 0.15) is 34.6 Å². The molecule has 0 spiro atoms. The molecule has 0 bridgehead atoms. The fraction of sp³-hybridized carbons (Fsp3) is 0.933. The minimum absolute atomic E-state index is 0.191. The third-order valence-electron chi connectivity index (χ3n) is 4.27. The molecule has 22 heavy (non-hydrogen) atoms. The van der Waals surface area contributed by atoms with Crippen LogP contribution in [0.5, 0.6) is 0 Å². The highest BCUT2D eigenvalue weighted by molar-refractivity contribution is 7.92. The number of hydrogen-bond donors (Lipinski definition) is 1. The van der Waals surface area contributed by atoms with Gasteiger partial charge < -0.3 is 15.1 Å². The van der Waals surface area contributed by atoms with E-state index >= 15 is 0 Å². The summed E-state index contributed by atoms with van der Waals surface area (Å²) in [6, 6.07) is 0.497. The van der Waals surface area contributed by atoms with E-state index in [1.165, 1.54) is 0 Å². The summed E-state index contributed by atoms with van der Waals surface area (Å²) in [5.74, 6) is 1.01. The van der Waals surface area contributed by atoms with Crippen LogP contribution >= 0.6 is 0 Å². The summed E-state index contributed by atoms with van der Waals surface area (Å²) in [4.78, 5) is 8.98. The largest absolute Gasteiger partial charge is 0.357 e. The van der Waals surface area contributed by atoms with Crippen molar-refractivity contribution in [2.75, 3.05) is 45.5 Å². The highest BCUT2D eigenvalue weighted by Crippen LogP contribution is 2.23. The number of hydrogen-bond acceptors (Lipinski definition) is 4. The van der Waals surface area contributed by atoms with Crippen molar-refractivity contribution < 1.29 is 8.42 Å². The SMILES string of the molecule is CCNC(=NCCN(C)C(C)C)N1CCS(=O)(=O)C(C)(C)C1. The van der Waals surface area contributed by atoms with Gasteiger partial charge in [-0.2, -0.15) is 0 Å². The Morgan fingerprint density at radius 2 is 2.05 bits per heavy atom. The van der Waals surface area contributed by atoms with Crippen LogP contribution in [0, 0.1) is 0 Å². The molecule has 0 amide bonds. The Bertz CT molecular complexity index is 486. The van der Waals surface area contributed by atoms with Gasteiger partial charge in [-0.15, -0.1) is 0 Å². The van der Waals surface area contributed by atoms with Gasteiger partial charge in [0.15, 0.2) is 15.8 Å². The lowest BCUT2D eigenvalue weighted by Gasteiger charge is -2.39. The third kappa shape index (κ3) is 4.84. The molecule has 0 aromatic heterocycles. The Hall–Kier alpha value is -0.820. The van der Waals surface area contributed by atoms with Gasteiger partial charge in [-0.3, -0.25) is 4.99 Å². The molecule has 0 radical (unpaired) electrons.